The number of anilines is 1. The van der Waals surface area contributed by atoms with E-state index >= 15 is 0 Å². The highest BCUT2D eigenvalue weighted by Crippen LogP contribution is 2.36. The Bertz CT molecular complexity index is 857. The van der Waals surface area contributed by atoms with Gasteiger partial charge in [-0.3, -0.25) is 4.90 Å². The van der Waals surface area contributed by atoms with Crippen LogP contribution in [0.5, 0.6) is 0 Å². The molecule has 156 valence electrons. The summed E-state index contributed by atoms with van der Waals surface area (Å²) in [5.41, 5.74) is 0.389. The van der Waals surface area contributed by atoms with Crippen molar-refractivity contribution in [1.29, 1.82) is 5.26 Å². The summed E-state index contributed by atoms with van der Waals surface area (Å²) in [5, 5.41) is 13.0. The molecule has 0 radical (unpaired) electrons. The molecule has 7 nitrogen and oxygen atoms in total. The van der Waals surface area contributed by atoms with Crippen molar-refractivity contribution < 1.29 is 8.83 Å². The fourth-order valence-corrected chi connectivity index (χ4v) is 4.95. The lowest BCUT2D eigenvalue weighted by Gasteiger charge is -2.50. The molecule has 0 aromatic carbocycles. The average molecular weight is 462 g/mol. The van der Waals surface area contributed by atoms with Crippen LogP contribution in [0, 0.1) is 11.3 Å². The minimum Gasteiger partial charge on any atom is -0.444 e. The quantitative estimate of drug-likeness (QED) is 0.685. The van der Waals surface area contributed by atoms with Gasteiger partial charge in [0.25, 0.3) is 5.89 Å². The molecule has 1 aliphatic carbocycles. The number of nitriles is 1. The number of oxazole rings is 1. The van der Waals surface area contributed by atoms with Crippen molar-refractivity contribution >= 4 is 21.8 Å². The Morgan fingerprint density at radius 3 is 2.55 bits per heavy atom. The average Bonchev–Trinajstić information content (AvgIpc) is 3.39. The smallest absolute Gasteiger partial charge is 0.266 e. The normalized spacial score (nSPS) is 20.4. The van der Waals surface area contributed by atoms with E-state index in [-0.39, 0.29) is 11.2 Å². The first kappa shape index (κ1) is 20.5. The van der Waals surface area contributed by atoms with Gasteiger partial charge in [-0.2, -0.15) is 10.2 Å². The van der Waals surface area contributed by atoms with Gasteiger partial charge in [0.2, 0.25) is 11.6 Å². The summed E-state index contributed by atoms with van der Waals surface area (Å²) >= 11 is 3.29. The molecular weight excluding hydrogens is 434 g/mol. The molecule has 3 heterocycles. The van der Waals surface area contributed by atoms with Crippen LogP contribution >= 0.6 is 15.9 Å². The first-order valence-corrected chi connectivity index (χ1v) is 11.3. The van der Waals surface area contributed by atoms with Crippen molar-refractivity contribution in [1.82, 2.24) is 14.8 Å². The van der Waals surface area contributed by atoms with Gasteiger partial charge in [-0.1, -0.05) is 26.2 Å². The topological polar surface area (TPSA) is 81.5 Å². The minimum absolute atomic E-state index is 0.117. The summed E-state index contributed by atoms with van der Waals surface area (Å²) in [7, 11) is 0. The third-order valence-electron chi connectivity index (χ3n) is 6.37. The molecule has 0 spiro atoms. The molecule has 1 N–H and O–H groups in total. The maximum absolute atomic E-state index is 9.52. The highest BCUT2D eigenvalue weighted by molar-refractivity contribution is 9.10. The Kier molecular flexibility index (Phi) is 6.28. The second-order valence-corrected chi connectivity index (χ2v) is 8.75. The monoisotopic (exact) mass is 461 g/mol. The summed E-state index contributed by atoms with van der Waals surface area (Å²) in [6.45, 7) is 8.57. The second-order valence-electron chi connectivity index (χ2n) is 7.97. The number of nitrogens with one attached hydrogen (secondary N) is 1. The van der Waals surface area contributed by atoms with Crippen LogP contribution in [0.1, 0.15) is 44.7 Å². The maximum atomic E-state index is 9.52. The van der Waals surface area contributed by atoms with E-state index in [4.69, 9.17) is 8.83 Å². The SMILES string of the molecule is CCN1CCN(C2(CNc3oc(-c4ccc(Br)o4)nc3C#N)CCCCC2)CC1. The van der Waals surface area contributed by atoms with Crippen LogP contribution in [0.25, 0.3) is 11.7 Å². The standard InChI is InChI=1S/C21H28BrN5O2/c1-2-26-10-12-27(13-11-26)21(8-4-3-5-9-21)15-24-19-16(14-23)25-20(29-19)17-6-7-18(22)28-17/h6-7,24H,2-5,8-13,15H2,1H3. The zero-order valence-electron chi connectivity index (χ0n) is 16.9. The van der Waals surface area contributed by atoms with E-state index in [0.29, 0.717) is 22.2 Å². The molecule has 29 heavy (non-hydrogen) atoms. The number of rotatable bonds is 6. The van der Waals surface area contributed by atoms with Gasteiger partial charge in [0.1, 0.15) is 6.07 Å². The highest BCUT2D eigenvalue weighted by Gasteiger charge is 2.39. The number of likely N-dealkylation sites (N-methyl/N-ethyl adjacent to an activating group) is 1. The summed E-state index contributed by atoms with van der Waals surface area (Å²) < 4.78 is 12.0. The number of nitrogens with zero attached hydrogens (tertiary/aromatic N) is 4. The number of halogens is 1. The van der Waals surface area contributed by atoms with Gasteiger partial charge in [0, 0.05) is 38.3 Å². The number of hydrogen-bond acceptors (Lipinski definition) is 7. The predicted octanol–water partition coefficient (Wildman–Crippen LogP) is 4.32. The summed E-state index contributed by atoms with van der Waals surface area (Å²) in [5.74, 6) is 1.26. The summed E-state index contributed by atoms with van der Waals surface area (Å²) in [6, 6.07) is 5.70. The maximum Gasteiger partial charge on any atom is 0.266 e. The van der Waals surface area contributed by atoms with Crippen molar-refractivity contribution in [3.63, 3.8) is 0 Å². The molecule has 2 aromatic heterocycles. The summed E-state index contributed by atoms with van der Waals surface area (Å²) in [6.07, 6.45) is 6.17. The van der Waals surface area contributed by atoms with Gasteiger partial charge in [-0.05, 0) is 47.4 Å². The Morgan fingerprint density at radius 2 is 1.93 bits per heavy atom. The van der Waals surface area contributed by atoms with Gasteiger partial charge in [0.05, 0.1) is 0 Å². The Hall–Kier alpha value is -1.82. The molecule has 8 heteroatoms. The van der Waals surface area contributed by atoms with Crippen LogP contribution in [0.15, 0.2) is 25.6 Å². The van der Waals surface area contributed by atoms with E-state index in [0.717, 1.165) is 39.3 Å². The van der Waals surface area contributed by atoms with Gasteiger partial charge >= 0.3 is 0 Å². The van der Waals surface area contributed by atoms with E-state index < -0.39 is 0 Å². The number of aromatic nitrogens is 1. The number of furan rings is 1. The Labute approximate surface area is 180 Å². The van der Waals surface area contributed by atoms with E-state index in [2.05, 4.69) is 49.0 Å². The largest absolute Gasteiger partial charge is 0.444 e. The van der Waals surface area contributed by atoms with Crippen LogP contribution in [-0.2, 0) is 0 Å². The van der Waals surface area contributed by atoms with Crippen LogP contribution in [0.4, 0.5) is 5.88 Å². The molecule has 0 atom stereocenters. The lowest BCUT2D eigenvalue weighted by atomic mass is 9.79. The molecule has 1 aliphatic heterocycles. The molecule has 2 aromatic rings. The predicted molar refractivity (Wildman–Crippen MR) is 115 cm³/mol. The van der Waals surface area contributed by atoms with Gasteiger partial charge in [-0.15, -0.1) is 0 Å². The van der Waals surface area contributed by atoms with Gasteiger partial charge < -0.3 is 19.1 Å². The fourth-order valence-electron chi connectivity index (χ4n) is 4.65. The van der Waals surface area contributed by atoms with Gasteiger partial charge in [0.15, 0.2) is 10.4 Å². The second kappa shape index (κ2) is 8.90. The molecule has 2 aliphatic rings. The van der Waals surface area contributed by atoms with Crippen molar-refractivity contribution in [3.05, 3.63) is 22.5 Å². The molecule has 0 amide bonds. The third-order valence-corrected chi connectivity index (χ3v) is 6.80. The van der Waals surface area contributed by atoms with E-state index in [1.54, 1.807) is 12.1 Å². The van der Waals surface area contributed by atoms with E-state index in [1.165, 1.54) is 32.1 Å². The van der Waals surface area contributed by atoms with Crippen LogP contribution in [0.3, 0.4) is 0 Å². The van der Waals surface area contributed by atoms with Crippen molar-refractivity contribution in [2.45, 2.75) is 44.6 Å². The lowest BCUT2D eigenvalue weighted by molar-refractivity contribution is 0.0167. The van der Waals surface area contributed by atoms with Crippen molar-refractivity contribution in [2.24, 2.45) is 0 Å². The molecule has 1 saturated carbocycles. The van der Waals surface area contributed by atoms with E-state index in [9.17, 15) is 5.26 Å². The molecule has 0 bridgehead atoms. The minimum atomic E-state index is 0.117. The third kappa shape index (κ3) is 4.37. The van der Waals surface area contributed by atoms with Crippen LogP contribution in [-0.4, -0.2) is 59.6 Å². The highest BCUT2D eigenvalue weighted by atomic mass is 79.9. The first-order chi connectivity index (χ1) is 14.1. The lowest BCUT2D eigenvalue weighted by Crippen LogP contribution is -2.60. The zero-order chi connectivity index (χ0) is 20.3. The Morgan fingerprint density at radius 1 is 1.17 bits per heavy atom. The molecule has 4 rings (SSSR count). The van der Waals surface area contributed by atoms with Gasteiger partial charge in [-0.25, -0.2) is 0 Å². The van der Waals surface area contributed by atoms with Crippen molar-refractivity contribution in [3.8, 4) is 17.7 Å². The zero-order valence-corrected chi connectivity index (χ0v) is 18.5. The summed E-state index contributed by atoms with van der Waals surface area (Å²) in [4.78, 5) is 9.48. The fraction of sp³-hybridized carbons (Fsp3) is 0.619. The van der Waals surface area contributed by atoms with Crippen LogP contribution in [0.2, 0.25) is 0 Å². The molecule has 2 fully saturated rings. The first-order valence-electron chi connectivity index (χ1n) is 10.5. The molecular formula is C21H28BrN5O2. The van der Waals surface area contributed by atoms with Crippen molar-refractivity contribution in [2.75, 3.05) is 44.6 Å². The number of piperazine rings is 1. The molecule has 1 saturated heterocycles. The van der Waals surface area contributed by atoms with E-state index in [1.807, 2.05) is 0 Å². The molecule has 0 unspecified atom stereocenters. The number of hydrogen-bond donors (Lipinski definition) is 1. The van der Waals surface area contributed by atoms with Crippen LogP contribution < -0.4 is 5.32 Å². The Balaban J connectivity index is 1.50.